The average Bonchev–Trinajstić information content (AvgIpc) is 3.28. The fourth-order valence-electron chi connectivity index (χ4n) is 3.48. The van der Waals surface area contributed by atoms with Crippen molar-refractivity contribution in [2.45, 2.75) is 31.1 Å². The highest BCUT2D eigenvalue weighted by atomic mass is 19.1. The number of aryl methyl sites for hydroxylation is 1. The highest BCUT2D eigenvalue weighted by molar-refractivity contribution is 5.90. The lowest BCUT2D eigenvalue weighted by Crippen LogP contribution is -2.40. The van der Waals surface area contributed by atoms with Gasteiger partial charge >= 0.3 is 5.97 Å². The number of ether oxygens (including phenoxy) is 1. The van der Waals surface area contributed by atoms with Crippen molar-refractivity contribution < 1.29 is 18.7 Å². The summed E-state index contributed by atoms with van der Waals surface area (Å²) in [6.45, 7) is 0.106. The molecule has 1 amide bonds. The molecule has 1 heterocycles. The van der Waals surface area contributed by atoms with E-state index < -0.39 is 5.97 Å². The summed E-state index contributed by atoms with van der Waals surface area (Å²) in [6, 6.07) is 6.48. The Morgan fingerprint density at radius 1 is 1.27 bits per heavy atom. The van der Waals surface area contributed by atoms with Gasteiger partial charge in [-0.15, -0.1) is 0 Å². The first-order valence-corrected chi connectivity index (χ1v) is 8.67. The summed E-state index contributed by atoms with van der Waals surface area (Å²) in [5.74, 6) is -1.20. The van der Waals surface area contributed by atoms with Crippen LogP contribution in [0.3, 0.4) is 0 Å². The van der Waals surface area contributed by atoms with Gasteiger partial charge in [-0.3, -0.25) is 9.48 Å². The number of aromatic nitrogens is 2. The standard InChI is InChI=1S/C19H22FN3O3/c1-23-11-14(10-22-23)18(25)26-12-17(24)21-13-19(8-2-3-9-19)15-4-6-16(20)7-5-15/h4-7,10-11H,2-3,8-9,12-13H2,1H3,(H,21,24). The first-order chi connectivity index (χ1) is 12.5. The van der Waals surface area contributed by atoms with Crippen LogP contribution in [0.2, 0.25) is 0 Å². The van der Waals surface area contributed by atoms with Gasteiger partial charge in [-0.05, 0) is 30.5 Å². The van der Waals surface area contributed by atoms with Crippen molar-refractivity contribution >= 4 is 11.9 Å². The minimum Gasteiger partial charge on any atom is -0.452 e. The van der Waals surface area contributed by atoms with Crippen LogP contribution >= 0.6 is 0 Å². The van der Waals surface area contributed by atoms with Crippen LogP contribution in [0.1, 0.15) is 41.6 Å². The van der Waals surface area contributed by atoms with E-state index in [1.54, 1.807) is 19.2 Å². The van der Waals surface area contributed by atoms with Crippen molar-refractivity contribution in [3.63, 3.8) is 0 Å². The van der Waals surface area contributed by atoms with Gasteiger partial charge in [-0.2, -0.15) is 5.10 Å². The van der Waals surface area contributed by atoms with Crippen molar-refractivity contribution in [3.05, 3.63) is 53.6 Å². The van der Waals surface area contributed by atoms with Gasteiger partial charge in [-0.1, -0.05) is 25.0 Å². The third-order valence-corrected chi connectivity index (χ3v) is 4.92. The topological polar surface area (TPSA) is 73.2 Å². The summed E-state index contributed by atoms with van der Waals surface area (Å²) in [5.41, 5.74) is 1.15. The van der Waals surface area contributed by atoms with Crippen LogP contribution in [0.4, 0.5) is 4.39 Å². The highest BCUT2D eigenvalue weighted by Gasteiger charge is 2.35. The fraction of sp³-hybridized carbons (Fsp3) is 0.421. The number of esters is 1. The third-order valence-electron chi connectivity index (χ3n) is 4.92. The molecule has 1 N–H and O–H groups in total. The lowest BCUT2D eigenvalue weighted by atomic mass is 9.79. The number of carbonyl (C=O) groups excluding carboxylic acids is 2. The smallest absolute Gasteiger partial charge is 0.341 e. The zero-order valence-corrected chi connectivity index (χ0v) is 14.7. The van der Waals surface area contributed by atoms with E-state index in [4.69, 9.17) is 4.74 Å². The Hall–Kier alpha value is -2.70. The lowest BCUT2D eigenvalue weighted by Gasteiger charge is -2.30. The second-order valence-corrected chi connectivity index (χ2v) is 6.75. The van der Waals surface area contributed by atoms with E-state index in [0.717, 1.165) is 31.2 Å². The number of carbonyl (C=O) groups is 2. The Morgan fingerprint density at radius 2 is 1.96 bits per heavy atom. The number of halogens is 1. The van der Waals surface area contributed by atoms with Gasteiger partial charge in [0.05, 0.1) is 11.8 Å². The molecule has 1 aliphatic rings. The van der Waals surface area contributed by atoms with Crippen LogP contribution in [-0.4, -0.2) is 34.8 Å². The first-order valence-electron chi connectivity index (χ1n) is 8.67. The maximum Gasteiger partial charge on any atom is 0.341 e. The van der Waals surface area contributed by atoms with Crippen LogP contribution < -0.4 is 5.32 Å². The molecule has 0 radical (unpaired) electrons. The molecule has 0 unspecified atom stereocenters. The summed E-state index contributed by atoms with van der Waals surface area (Å²) in [6.07, 6.45) is 6.94. The molecular weight excluding hydrogens is 337 g/mol. The Kier molecular flexibility index (Phi) is 5.35. The summed E-state index contributed by atoms with van der Waals surface area (Å²) >= 11 is 0. The Morgan fingerprint density at radius 3 is 2.58 bits per heavy atom. The van der Waals surface area contributed by atoms with E-state index in [9.17, 15) is 14.0 Å². The van der Waals surface area contributed by atoms with Crippen LogP contribution in [0.15, 0.2) is 36.7 Å². The summed E-state index contributed by atoms with van der Waals surface area (Å²) in [7, 11) is 1.69. The largest absolute Gasteiger partial charge is 0.452 e. The summed E-state index contributed by atoms with van der Waals surface area (Å²) in [5, 5.41) is 6.75. The van der Waals surface area contributed by atoms with Crippen molar-refractivity contribution in [2.75, 3.05) is 13.2 Å². The minimum atomic E-state index is -0.581. The first kappa shape index (κ1) is 18.1. The maximum absolute atomic E-state index is 13.2. The minimum absolute atomic E-state index is 0.184. The Balaban J connectivity index is 1.55. The van der Waals surface area contributed by atoms with Gasteiger partial charge in [0.1, 0.15) is 5.82 Å². The predicted molar refractivity (Wildman–Crippen MR) is 93.0 cm³/mol. The second kappa shape index (κ2) is 7.68. The van der Waals surface area contributed by atoms with Crippen molar-refractivity contribution in [1.82, 2.24) is 15.1 Å². The second-order valence-electron chi connectivity index (χ2n) is 6.75. The van der Waals surface area contributed by atoms with Gasteiger partial charge in [0.25, 0.3) is 5.91 Å². The van der Waals surface area contributed by atoms with E-state index in [-0.39, 0.29) is 23.7 Å². The quantitative estimate of drug-likeness (QED) is 0.804. The van der Waals surface area contributed by atoms with Crippen molar-refractivity contribution in [2.24, 2.45) is 7.05 Å². The number of benzene rings is 1. The number of rotatable bonds is 6. The van der Waals surface area contributed by atoms with Crippen LogP contribution in [0, 0.1) is 5.82 Å². The summed E-state index contributed by atoms with van der Waals surface area (Å²) < 4.78 is 19.7. The van der Waals surface area contributed by atoms with Gasteiger partial charge < -0.3 is 10.1 Å². The molecule has 138 valence electrons. The van der Waals surface area contributed by atoms with E-state index in [1.165, 1.54) is 29.2 Å². The van der Waals surface area contributed by atoms with Crippen LogP contribution in [0.25, 0.3) is 0 Å². The van der Waals surface area contributed by atoms with Crippen molar-refractivity contribution in [1.29, 1.82) is 0 Å². The zero-order valence-electron chi connectivity index (χ0n) is 14.7. The highest BCUT2D eigenvalue weighted by Crippen LogP contribution is 2.40. The molecule has 1 aliphatic carbocycles. The normalized spacial score (nSPS) is 15.6. The number of nitrogens with zero attached hydrogens (tertiary/aromatic N) is 2. The Labute approximate surface area is 151 Å². The average molecular weight is 359 g/mol. The monoisotopic (exact) mass is 359 g/mol. The lowest BCUT2D eigenvalue weighted by molar-refractivity contribution is -0.124. The molecule has 0 atom stereocenters. The third kappa shape index (κ3) is 4.09. The number of hydrogen-bond acceptors (Lipinski definition) is 4. The van der Waals surface area contributed by atoms with Crippen LogP contribution in [0.5, 0.6) is 0 Å². The SMILES string of the molecule is Cn1cc(C(=O)OCC(=O)NCC2(c3ccc(F)cc3)CCCC2)cn1. The Bertz CT molecular complexity index is 780. The fourth-order valence-corrected chi connectivity index (χ4v) is 3.48. The van der Waals surface area contributed by atoms with E-state index in [0.29, 0.717) is 12.1 Å². The molecule has 1 fully saturated rings. The van der Waals surface area contributed by atoms with Crippen LogP contribution in [-0.2, 0) is 22.0 Å². The molecule has 2 aromatic rings. The molecule has 0 spiro atoms. The van der Waals surface area contributed by atoms with E-state index in [2.05, 4.69) is 10.4 Å². The molecule has 0 saturated heterocycles. The molecule has 1 saturated carbocycles. The van der Waals surface area contributed by atoms with Gasteiger partial charge in [0, 0.05) is 25.2 Å². The molecule has 1 aromatic heterocycles. The van der Waals surface area contributed by atoms with Crippen molar-refractivity contribution in [3.8, 4) is 0 Å². The predicted octanol–water partition coefficient (Wildman–Crippen LogP) is 2.34. The molecule has 0 aliphatic heterocycles. The number of nitrogens with one attached hydrogen (secondary N) is 1. The van der Waals surface area contributed by atoms with E-state index >= 15 is 0 Å². The summed E-state index contributed by atoms with van der Waals surface area (Å²) in [4.78, 5) is 23.9. The molecule has 3 rings (SSSR count). The molecule has 26 heavy (non-hydrogen) atoms. The molecule has 6 nitrogen and oxygen atoms in total. The van der Waals surface area contributed by atoms with Gasteiger partial charge in [0.15, 0.2) is 6.61 Å². The number of amides is 1. The zero-order chi connectivity index (χ0) is 18.6. The van der Waals surface area contributed by atoms with Gasteiger partial charge in [0.2, 0.25) is 0 Å². The molecule has 1 aromatic carbocycles. The molecular formula is C19H22FN3O3. The molecule has 0 bridgehead atoms. The maximum atomic E-state index is 13.2. The molecule has 7 heteroatoms. The van der Waals surface area contributed by atoms with E-state index in [1.807, 2.05) is 0 Å². The van der Waals surface area contributed by atoms with Gasteiger partial charge in [-0.25, -0.2) is 9.18 Å². The number of hydrogen-bond donors (Lipinski definition) is 1.